The lowest BCUT2D eigenvalue weighted by Crippen LogP contribution is -2.50. The molecule has 1 amide bonds. The summed E-state index contributed by atoms with van der Waals surface area (Å²) in [5.41, 5.74) is 1.32. The van der Waals surface area contributed by atoms with E-state index in [-0.39, 0.29) is 35.3 Å². The lowest BCUT2D eigenvalue weighted by atomic mass is 10.0. The van der Waals surface area contributed by atoms with E-state index in [1.165, 1.54) is 18.2 Å². The van der Waals surface area contributed by atoms with Crippen LogP contribution in [0.5, 0.6) is 5.75 Å². The maximum Gasteiger partial charge on any atom is 0.244 e. The Hall–Kier alpha value is -1.96. The molecule has 1 atom stereocenters. The number of amides is 1. The zero-order valence-electron chi connectivity index (χ0n) is 18.1. The number of benzene rings is 2. The van der Waals surface area contributed by atoms with Gasteiger partial charge in [0.25, 0.3) is 0 Å². The molecule has 0 aromatic heterocycles. The fourth-order valence-electron chi connectivity index (χ4n) is 3.27. The Bertz CT molecular complexity index is 992. The predicted octanol–water partition coefficient (Wildman–Crippen LogP) is 4.86. The summed E-state index contributed by atoms with van der Waals surface area (Å²) in [6, 6.07) is 11.2. The van der Waals surface area contributed by atoms with Crippen molar-refractivity contribution in [1.82, 2.24) is 5.32 Å². The minimum Gasteiger partial charge on any atom is -0.491 e. The molecule has 2 rings (SSSR count). The van der Waals surface area contributed by atoms with Crippen molar-refractivity contribution in [2.24, 2.45) is 0 Å². The zero-order valence-corrected chi connectivity index (χ0v) is 20.4. The van der Waals surface area contributed by atoms with Crippen LogP contribution in [0.1, 0.15) is 38.7 Å². The number of halogens is 2. The minimum absolute atomic E-state index is 0.232. The van der Waals surface area contributed by atoms with Gasteiger partial charge in [-0.15, -0.1) is 0 Å². The summed E-state index contributed by atoms with van der Waals surface area (Å²) >= 11 is 12.1. The molecule has 0 fully saturated rings. The maximum absolute atomic E-state index is 12.9. The first-order valence-electron chi connectivity index (χ1n) is 9.99. The average Bonchev–Trinajstić information content (AvgIpc) is 2.67. The predicted molar refractivity (Wildman–Crippen MR) is 127 cm³/mol. The normalized spacial score (nSPS) is 12.5. The highest BCUT2D eigenvalue weighted by atomic mass is 35.5. The van der Waals surface area contributed by atoms with Gasteiger partial charge < -0.3 is 10.1 Å². The van der Waals surface area contributed by atoms with Gasteiger partial charge in [-0.05, 0) is 42.2 Å². The number of rotatable bonds is 10. The van der Waals surface area contributed by atoms with Gasteiger partial charge in [0.15, 0.2) is 0 Å². The minimum atomic E-state index is -3.77. The zero-order chi connectivity index (χ0) is 23.2. The van der Waals surface area contributed by atoms with E-state index in [9.17, 15) is 13.2 Å². The smallest absolute Gasteiger partial charge is 0.244 e. The maximum atomic E-state index is 12.9. The molecule has 31 heavy (non-hydrogen) atoms. The van der Waals surface area contributed by atoms with Crippen LogP contribution in [-0.4, -0.2) is 39.8 Å². The van der Waals surface area contributed by atoms with E-state index >= 15 is 0 Å². The second-order valence-electron chi connectivity index (χ2n) is 7.44. The van der Waals surface area contributed by atoms with E-state index in [4.69, 9.17) is 27.9 Å². The number of nitrogens with zero attached hydrogens (tertiary/aromatic N) is 1. The highest BCUT2D eigenvalue weighted by Gasteiger charge is 2.31. The van der Waals surface area contributed by atoms with Crippen molar-refractivity contribution in [3.63, 3.8) is 0 Å². The highest BCUT2D eigenvalue weighted by Crippen LogP contribution is 2.29. The van der Waals surface area contributed by atoms with Crippen LogP contribution in [0.15, 0.2) is 42.5 Å². The summed E-state index contributed by atoms with van der Waals surface area (Å²) in [5.74, 6) is 0.651. The van der Waals surface area contributed by atoms with E-state index in [1.54, 1.807) is 6.92 Å². The number of carbonyl (C=O) groups is 1. The van der Waals surface area contributed by atoms with Crippen molar-refractivity contribution < 1.29 is 17.9 Å². The van der Waals surface area contributed by atoms with Crippen LogP contribution in [0.2, 0.25) is 10.0 Å². The fourth-order valence-corrected chi connectivity index (χ4v) is 4.98. The van der Waals surface area contributed by atoms with E-state index in [0.717, 1.165) is 21.9 Å². The van der Waals surface area contributed by atoms with Gasteiger partial charge >= 0.3 is 0 Å². The molecule has 6 nitrogen and oxygen atoms in total. The van der Waals surface area contributed by atoms with Crippen LogP contribution in [0.4, 0.5) is 5.69 Å². The van der Waals surface area contributed by atoms with Gasteiger partial charge in [-0.2, -0.15) is 0 Å². The molecule has 9 heteroatoms. The van der Waals surface area contributed by atoms with Gasteiger partial charge in [-0.1, -0.05) is 62.2 Å². The highest BCUT2D eigenvalue weighted by molar-refractivity contribution is 7.92. The van der Waals surface area contributed by atoms with Gasteiger partial charge in [0.05, 0.1) is 18.5 Å². The lowest BCUT2D eigenvalue weighted by molar-refractivity contribution is -0.122. The topological polar surface area (TPSA) is 75.7 Å². The largest absolute Gasteiger partial charge is 0.491 e. The molecule has 0 saturated heterocycles. The van der Waals surface area contributed by atoms with Crippen molar-refractivity contribution in [2.75, 3.05) is 23.7 Å². The molecule has 170 valence electrons. The number of para-hydroxylation sites is 1. The molecule has 1 unspecified atom stereocenters. The third-order valence-corrected chi connectivity index (χ3v) is 6.25. The van der Waals surface area contributed by atoms with Crippen LogP contribution in [-0.2, 0) is 14.8 Å². The van der Waals surface area contributed by atoms with Gasteiger partial charge in [-0.25, -0.2) is 8.42 Å². The molecule has 1 N–H and O–H groups in total. The first-order valence-corrected chi connectivity index (χ1v) is 12.6. The second kappa shape index (κ2) is 11.1. The summed E-state index contributed by atoms with van der Waals surface area (Å²) in [6.45, 7) is 6.39. The number of nitrogens with one attached hydrogen (secondary N) is 1. The van der Waals surface area contributed by atoms with Crippen LogP contribution in [0, 0.1) is 0 Å². The Balaban J connectivity index is 2.10. The molecule has 0 saturated carbocycles. The number of carbonyl (C=O) groups excluding carboxylic acids is 1. The third-order valence-electron chi connectivity index (χ3n) is 4.63. The quantitative estimate of drug-likeness (QED) is 0.486. The SMILES string of the molecule is CCC(C(=O)NCCOc1ccccc1C(C)C)N(c1cc(Cl)cc(Cl)c1)S(C)(=O)=O. The molecule has 0 aliphatic carbocycles. The number of anilines is 1. The Morgan fingerprint density at radius 1 is 1.13 bits per heavy atom. The summed E-state index contributed by atoms with van der Waals surface area (Å²) in [4.78, 5) is 12.9. The average molecular weight is 487 g/mol. The molecule has 0 aliphatic rings. The van der Waals surface area contributed by atoms with Crippen LogP contribution in [0.25, 0.3) is 0 Å². The summed E-state index contributed by atoms with van der Waals surface area (Å²) in [5, 5.41) is 3.33. The van der Waals surface area contributed by atoms with Crippen LogP contribution >= 0.6 is 23.2 Å². The molecule has 0 radical (unpaired) electrons. The Kier molecular flexibility index (Phi) is 9.03. The first kappa shape index (κ1) is 25.3. The van der Waals surface area contributed by atoms with Gasteiger partial charge in [0, 0.05) is 10.0 Å². The summed E-state index contributed by atoms with van der Waals surface area (Å²) in [6.07, 6.45) is 1.31. The van der Waals surface area contributed by atoms with Crippen molar-refractivity contribution >= 4 is 44.8 Å². The van der Waals surface area contributed by atoms with Crippen LogP contribution in [0.3, 0.4) is 0 Å². The molecule has 0 spiro atoms. The van der Waals surface area contributed by atoms with Gasteiger partial charge in [0.1, 0.15) is 18.4 Å². The van der Waals surface area contributed by atoms with Gasteiger partial charge in [-0.3, -0.25) is 9.10 Å². The van der Waals surface area contributed by atoms with Gasteiger partial charge in [0.2, 0.25) is 15.9 Å². The van der Waals surface area contributed by atoms with Crippen molar-refractivity contribution in [1.29, 1.82) is 0 Å². The fraction of sp³-hybridized carbons (Fsp3) is 0.409. The second-order valence-corrected chi connectivity index (χ2v) is 10.2. The molecule has 2 aromatic rings. The monoisotopic (exact) mass is 486 g/mol. The van der Waals surface area contributed by atoms with E-state index in [1.807, 2.05) is 24.3 Å². The molecular formula is C22H28Cl2N2O4S. The number of hydrogen-bond donors (Lipinski definition) is 1. The molecule has 2 aromatic carbocycles. The van der Waals surface area contributed by atoms with Crippen molar-refractivity contribution in [2.45, 2.75) is 39.2 Å². The van der Waals surface area contributed by atoms with Crippen LogP contribution < -0.4 is 14.4 Å². The summed E-state index contributed by atoms with van der Waals surface area (Å²) in [7, 11) is -3.77. The van der Waals surface area contributed by atoms with Crippen molar-refractivity contribution in [3.8, 4) is 5.75 Å². The number of ether oxygens (including phenoxy) is 1. The standard InChI is InChI=1S/C22H28Cl2N2O4S/c1-5-20(26(31(4,28)29)18-13-16(23)12-17(24)14-18)22(27)25-10-11-30-21-9-7-6-8-19(21)15(2)3/h6-9,12-15,20H,5,10-11H2,1-4H3,(H,25,27). The first-order chi connectivity index (χ1) is 14.5. The molecule has 0 aliphatic heterocycles. The number of sulfonamides is 1. The van der Waals surface area contributed by atoms with Crippen molar-refractivity contribution in [3.05, 3.63) is 58.1 Å². The lowest BCUT2D eigenvalue weighted by Gasteiger charge is -2.30. The Labute approximate surface area is 194 Å². The van der Waals surface area contributed by atoms with E-state index < -0.39 is 22.0 Å². The third kappa shape index (κ3) is 7.02. The Morgan fingerprint density at radius 2 is 1.74 bits per heavy atom. The summed E-state index contributed by atoms with van der Waals surface area (Å²) < 4.78 is 31.9. The number of hydrogen-bond acceptors (Lipinski definition) is 4. The molecular weight excluding hydrogens is 459 g/mol. The van der Waals surface area contributed by atoms with E-state index in [2.05, 4.69) is 19.2 Å². The Morgan fingerprint density at radius 3 is 2.29 bits per heavy atom. The molecule has 0 heterocycles. The van der Waals surface area contributed by atoms with E-state index in [0.29, 0.717) is 5.92 Å². The molecule has 0 bridgehead atoms.